The average molecular weight is 339 g/mol. The van der Waals surface area contributed by atoms with Gasteiger partial charge in [0.05, 0.1) is 0 Å². The monoisotopic (exact) mass is 339 g/mol. The SMILES string of the molecule is CC1=NN(C(=O)c2ccncc2)[C@@](O)(C(F)(F)OC(F)(F)F)C1. The highest BCUT2D eigenvalue weighted by atomic mass is 19.4. The first-order valence-corrected chi connectivity index (χ1v) is 6.12. The van der Waals surface area contributed by atoms with Gasteiger partial charge in [-0.1, -0.05) is 0 Å². The fourth-order valence-electron chi connectivity index (χ4n) is 2.00. The van der Waals surface area contributed by atoms with Crippen molar-refractivity contribution in [2.75, 3.05) is 0 Å². The van der Waals surface area contributed by atoms with Crippen LogP contribution in [0.25, 0.3) is 0 Å². The summed E-state index contributed by atoms with van der Waals surface area (Å²) in [7, 11) is 0. The van der Waals surface area contributed by atoms with Crippen LogP contribution in [-0.2, 0) is 4.74 Å². The van der Waals surface area contributed by atoms with E-state index in [4.69, 9.17) is 0 Å². The maximum Gasteiger partial charge on any atom is 0.527 e. The predicted octanol–water partition coefficient (Wildman–Crippen LogP) is 2.12. The van der Waals surface area contributed by atoms with Crippen molar-refractivity contribution in [2.24, 2.45) is 5.10 Å². The number of rotatable bonds is 3. The Hall–Kier alpha value is -2.14. The minimum Gasteiger partial charge on any atom is -0.362 e. The summed E-state index contributed by atoms with van der Waals surface area (Å²) in [5.74, 6) is -1.22. The molecule has 0 aromatic carbocycles. The number of ether oxygens (including phenoxy) is 1. The molecular formula is C12H10F5N3O3. The van der Waals surface area contributed by atoms with Crippen LogP contribution in [0, 0.1) is 0 Å². The van der Waals surface area contributed by atoms with Crippen molar-refractivity contribution in [3.63, 3.8) is 0 Å². The van der Waals surface area contributed by atoms with E-state index in [9.17, 15) is 31.9 Å². The number of alkyl halides is 5. The van der Waals surface area contributed by atoms with E-state index in [0.29, 0.717) is 0 Å². The van der Waals surface area contributed by atoms with Crippen molar-refractivity contribution < 1.29 is 36.6 Å². The van der Waals surface area contributed by atoms with Crippen LogP contribution >= 0.6 is 0 Å². The van der Waals surface area contributed by atoms with Crippen LogP contribution in [0.4, 0.5) is 22.0 Å². The number of nitrogens with zero attached hydrogens (tertiary/aromatic N) is 3. The molecule has 0 saturated heterocycles. The smallest absolute Gasteiger partial charge is 0.362 e. The summed E-state index contributed by atoms with van der Waals surface area (Å²) in [6, 6.07) is 2.27. The zero-order valence-electron chi connectivity index (χ0n) is 11.5. The summed E-state index contributed by atoms with van der Waals surface area (Å²) in [5.41, 5.74) is -3.97. The van der Waals surface area contributed by atoms with E-state index in [1.807, 2.05) is 0 Å². The van der Waals surface area contributed by atoms with Crippen molar-refractivity contribution in [2.45, 2.75) is 31.5 Å². The van der Waals surface area contributed by atoms with E-state index in [0.717, 1.165) is 12.1 Å². The number of aliphatic hydroxyl groups is 1. The second kappa shape index (κ2) is 5.49. The van der Waals surface area contributed by atoms with Crippen LogP contribution in [0.1, 0.15) is 23.7 Å². The fraction of sp³-hybridized carbons (Fsp3) is 0.417. The van der Waals surface area contributed by atoms with E-state index in [1.165, 1.54) is 19.3 Å². The molecule has 0 saturated carbocycles. The lowest BCUT2D eigenvalue weighted by Crippen LogP contribution is -2.61. The summed E-state index contributed by atoms with van der Waals surface area (Å²) in [6.45, 7) is 1.18. The Morgan fingerprint density at radius 3 is 2.39 bits per heavy atom. The number of pyridine rings is 1. The van der Waals surface area contributed by atoms with Gasteiger partial charge in [-0.3, -0.25) is 9.78 Å². The van der Waals surface area contributed by atoms with Gasteiger partial charge in [0.2, 0.25) is 0 Å². The van der Waals surface area contributed by atoms with Crippen LogP contribution in [0.15, 0.2) is 29.6 Å². The van der Waals surface area contributed by atoms with Gasteiger partial charge in [-0.25, -0.2) is 4.74 Å². The minimum atomic E-state index is -5.72. The number of aromatic nitrogens is 1. The van der Waals surface area contributed by atoms with Crippen LogP contribution in [0.3, 0.4) is 0 Å². The fourth-order valence-corrected chi connectivity index (χ4v) is 2.00. The van der Waals surface area contributed by atoms with Crippen molar-refractivity contribution >= 4 is 11.6 Å². The molecule has 1 aromatic heterocycles. The van der Waals surface area contributed by atoms with Gasteiger partial charge in [-0.15, -0.1) is 13.2 Å². The highest BCUT2D eigenvalue weighted by Gasteiger charge is 2.66. The third-order valence-corrected chi connectivity index (χ3v) is 2.95. The van der Waals surface area contributed by atoms with Crippen molar-refractivity contribution in [3.05, 3.63) is 30.1 Å². The van der Waals surface area contributed by atoms with Crippen LogP contribution in [0.2, 0.25) is 0 Å². The molecule has 11 heteroatoms. The number of carbonyl (C=O) groups excluding carboxylic acids is 1. The molecular weight excluding hydrogens is 329 g/mol. The number of hydrogen-bond donors (Lipinski definition) is 1. The largest absolute Gasteiger partial charge is 0.527 e. The van der Waals surface area contributed by atoms with Crippen molar-refractivity contribution in [1.29, 1.82) is 0 Å². The molecule has 0 unspecified atom stereocenters. The summed E-state index contributed by atoms with van der Waals surface area (Å²) < 4.78 is 66.9. The first-order chi connectivity index (χ1) is 10.5. The van der Waals surface area contributed by atoms with E-state index in [-0.39, 0.29) is 16.3 Å². The third kappa shape index (κ3) is 3.29. The zero-order valence-corrected chi connectivity index (χ0v) is 11.5. The first-order valence-electron chi connectivity index (χ1n) is 6.12. The molecule has 1 aliphatic rings. The molecule has 23 heavy (non-hydrogen) atoms. The van der Waals surface area contributed by atoms with Gasteiger partial charge >= 0.3 is 12.5 Å². The molecule has 1 aliphatic heterocycles. The highest BCUT2D eigenvalue weighted by molar-refractivity contribution is 5.97. The van der Waals surface area contributed by atoms with Gasteiger partial charge in [0.25, 0.3) is 11.6 Å². The Bertz CT molecular complexity index is 635. The van der Waals surface area contributed by atoms with Crippen LogP contribution in [0.5, 0.6) is 0 Å². The minimum absolute atomic E-state index is 0.108. The van der Waals surface area contributed by atoms with Gasteiger partial charge < -0.3 is 5.11 Å². The predicted molar refractivity (Wildman–Crippen MR) is 65.2 cm³/mol. The highest BCUT2D eigenvalue weighted by Crippen LogP contribution is 2.43. The topological polar surface area (TPSA) is 75.0 Å². The Labute approximate surface area is 126 Å². The second-order valence-electron chi connectivity index (χ2n) is 4.75. The molecule has 6 nitrogen and oxygen atoms in total. The van der Waals surface area contributed by atoms with E-state index in [2.05, 4.69) is 14.8 Å². The quantitative estimate of drug-likeness (QED) is 0.856. The van der Waals surface area contributed by atoms with E-state index < -0.39 is 30.5 Å². The lowest BCUT2D eigenvalue weighted by atomic mass is 10.1. The summed E-state index contributed by atoms with van der Waals surface area (Å²) >= 11 is 0. The molecule has 0 bridgehead atoms. The van der Waals surface area contributed by atoms with Gasteiger partial charge in [0, 0.05) is 30.1 Å². The lowest BCUT2D eigenvalue weighted by molar-refractivity contribution is -0.468. The number of halogens is 5. The van der Waals surface area contributed by atoms with Gasteiger partial charge in [0.15, 0.2) is 0 Å². The van der Waals surface area contributed by atoms with Gasteiger partial charge in [0.1, 0.15) is 0 Å². The van der Waals surface area contributed by atoms with Gasteiger partial charge in [-0.05, 0) is 19.1 Å². The normalized spacial score (nSPS) is 22.2. The average Bonchev–Trinajstić information content (AvgIpc) is 2.73. The Kier molecular flexibility index (Phi) is 4.11. The summed E-state index contributed by atoms with van der Waals surface area (Å²) in [4.78, 5) is 15.8. The molecule has 126 valence electrons. The molecule has 1 aromatic rings. The molecule has 2 rings (SSSR count). The third-order valence-electron chi connectivity index (χ3n) is 2.95. The molecule has 2 heterocycles. The summed E-state index contributed by atoms with van der Waals surface area (Å²) in [6.07, 6.45) is -9.52. The number of amides is 1. The molecule has 1 amide bonds. The zero-order chi connectivity index (χ0) is 17.5. The standard InChI is InChI=1S/C12H10F5N3O3/c1-7-6-10(22,11(13,14)23-12(15,16)17)20(19-7)9(21)8-2-4-18-5-3-8/h2-5,22H,6H2,1H3/t10-/m0/s1. The maximum absolute atomic E-state index is 13.8. The summed E-state index contributed by atoms with van der Waals surface area (Å²) in [5, 5.41) is 13.4. The van der Waals surface area contributed by atoms with Crippen LogP contribution < -0.4 is 0 Å². The van der Waals surface area contributed by atoms with E-state index >= 15 is 0 Å². The molecule has 1 atom stereocenters. The maximum atomic E-state index is 13.8. The first kappa shape index (κ1) is 17.2. The Morgan fingerprint density at radius 1 is 1.30 bits per heavy atom. The van der Waals surface area contributed by atoms with Crippen molar-refractivity contribution in [1.82, 2.24) is 9.99 Å². The Balaban J connectivity index is 2.39. The molecule has 1 N–H and O–H groups in total. The number of hydrogen-bond acceptors (Lipinski definition) is 5. The van der Waals surface area contributed by atoms with Crippen LogP contribution in [-0.4, -0.2) is 44.9 Å². The van der Waals surface area contributed by atoms with Crippen molar-refractivity contribution in [3.8, 4) is 0 Å². The molecule has 0 aliphatic carbocycles. The van der Waals surface area contributed by atoms with E-state index in [1.54, 1.807) is 0 Å². The second-order valence-corrected chi connectivity index (χ2v) is 4.75. The molecule has 0 radical (unpaired) electrons. The number of hydrazone groups is 1. The lowest BCUT2D eigenvalue weighted by Gasteiger charge is -2.36. The molecule has 0 fully saturated rings. The number of carbonyl (C=O) groups is 1. The molecule has 0 spiro atoms. The van der Waals surface area contributed by atoms with Gasteiger partial charge in [-0.2, -0.15) is 18.9 Å². The Morgan fingerprint density at radius 2 is 1.87 bits per heavy atom.